The maximum absolute atomic E-state index is 11.6. The molecule has 0 radical (unpaired) electrons. The fraction of sp³-hybridized carbons (Fsp3) is 0.385. The van der Waals surface area contributed by atoms with Crippen LogP contribution in [0.2, 0.25) is 0 Å². The van der Waals surface area contributed by atoms with Gasteiger partial charge in [-0.15, -0.1) is 11.6 Å². The van der Waals surface area contributed by atoms with Crippen molar-refractivity contribution in [3.8, 4) is 0 Å². The second kappa shape index (κ2) is 7.01. The van der Waals surface area contributed by atoms with E-state index in [0.717, 1.165) is 5.56 Å². The normalized spacial score (nSPS) is 9.94. The van der Waals surface area contributed by atoms with Gasteiger partial charge in [0, 0.05) is 18.0 Å². The van der Waals surface area contributed by atoms with Crippen molar-refractivity contribution in [3.05, 3.63) is 29.3 Å². The lowest BCUT2D eigenvalue weighted by molar-refractivity contribution is -0.116. The molecule has 98 valence electrons. The Labute approximate surface area is 111 Å². The summed E-state index contributed by atoms with van der Waals surface area (Å²) in [6.07, 6.45) is 0.995. The minimum absolute atomic E-state index is 0.110. The Kier molecular flexibility index (Phi) is 5.65. The highest BCUT2D eigenvalue weighted by molar-refractivity contribution is 6.18. The van der Waals surface area contributed by atoms with E-state index in [9.17, 15) is 9.59 Å². The van der Waals surface area contributed by atoms with Crippen molar-refractivity contribution >= 4 is 29.2 Å². The first-order valence-corrected chi connectivity index (χ1v) is 6.16. The quantitative estimate of drug-likeness (QED) is 0.660. The number of carbonyl (C=O) groups is 2. The molecule has 1 aromatic rings. The molecule has 1 amide bonds. The zero-order valence-corrected chi connectivity index (χ0v) is 11.2. The number of carbonyl (C=O) groups excluding carboxylic acids is 2. The van der Waals surface area contributed by atoms with Gasteiger partial charge in [0.15, 0.2) is 0 Å². The van der Waals surface area contributed by atoms with Crippen molar-refractivity contribution in [1.29, 1.82) is 0 Å². The molecular formula is C13H16ClNO3. The van der Waals surface area contributed by atoms with Crippen LogP contribution in [0.1, 0.15) is 28.8 Å². The van der Waals surface area contributed by atoms with Crippen LogP contribution in [0, 0.1) is 6.92 Å². The van der Waals surface area contributed by atoms with Crippen LogP contribution >= 0.6 is 11.6 Å². The smallest absolute Gasteiger partial charge is 0.337 e. The van der Waals surface area contributed by atoms with E-state index in [1.54, 1.807) is 18.2 Å². The molecule has 1 aromatic carbocycles. The minimum atomic E-state index is -0.425. The highest BCUT2D eigenvalue weighted by Gasteiger charge is 2.10. The van der Waals surface area contributed by atoms with Gasteiger partial charge in [-0.05, 0) is 31.0 Å². The number of hydrogen-bond acceptors (Lipinski definition) is 3. The number of methoxy groups -OCH3 is 1. The molecule has 0 unspecified atom stereocenters. The molecule has 1 rings (SSSR count). The molecule has 0 fully saturated rings. The number of hydrogen-bond donors (Lipinski definition) is 1. The van der Waals surface area contributed by atoms with E-state index in [2.05, 4.69) is 10.1 Å². The molecule has 0 aliphatic rings. The fourth-order valence-electron chi connectivity index (χ4n) is 1.44. The van der Waals surface area contributed by atoms with Crippen LogP contribution in [0.15, 0.2) is 18.2 Å². The van der Waals surface area contributed by atoms with Gasteiger partial charge in [-0.2, -0.15) is 0 Å². The Balaban J connectivity index is 2.81. The number of esters is 1. The van der Waals surface area contributed by atoms with Crippen molar-refractivity contribution in [2.75, 3.05) is 18.3 Å². The van der Waals surface area contributed by atoms with Gasteiger partial charge in [-0.3, -0.25) is 4.79 Å². The number of amides is 1. The van der Waals surface area contributed by atoms with Gasteiger partial charge in [0.1, 0.15) is 0 Å². The van der Waals surface area contributed by atoms with Gasteiger partial charge in [0.25, 0.3) is 0 Å². The van der Waals surface area contributed by atoms with Crippen molar-refractivity contribution in [2.24, 2.45) is 0 Å². The summed E-state index contributed by atoms with van der Waals surface area (Å²) in [6, 6.07) is 5.04. The summed E-state index contributed by atoms with van der Waals surface area (Å²) < 4.78 is 4.63. The SMILES string of the molecule is COC(=O)c1ccc(C)c(NC(=O)CCCCl)c1. The molecule has 4 nitrogen and oxygen atoms in total. The van der Waals surface area contributed by atoms with E-state index in [4.69, 9.17) is 11.6 Å². The fourth-order valence-corrected chi connectivity index (χ4v) is 1.58. The van der Waals surface area contributed by atoms with Crippen LogP contribution in [0.4, 0.5) is 5.69 Å². The number of alkyl halides is 1. The average molecular weight is 270 g/mol. The molecule has 0 aliphatic carbocycles. The predicted molar refractivity (Wildman–Crippen MR) is 71.1 cm³/mol. The number of ether oxygens (including phenoxy) is 1. The van der Waals surface area contributed by atoms with Crippen molar-refractivity contribution < 1.29 is 14.3 Å². The summed E-state index contributed by atoms with van der Waals surface area (Å²) in [4.78, 5) is 23.0. The number of rotatable bonds is 5. The molecule has 0 aromatic heterocycles. The molecule has 0 saturated heterocycles. The number of nitrogens with one attached hydrogen (secondary N) is 1. The van der Waals surface area contributed by atoms with E-state index in [-0.39, 0.29) is 5.91 Å². The molecule has 0 bridgehead atoms. The predicted octanol–water partition coefficient (Wildman–Crippen LogP) is 2.74. The largest absolute Gasteiger partial charge is 0.465 e. The van der Waals surface area contributed by atoms with Crippen LogP contribution in [-0.4, -0.2) is 24.9 Å². The molecule has 5 heteroatoms. The average Bonchev–Trinajstić information content (AvgIpc) is 2.38. The zero-order chi connectivity index (χ0) is 13.5. The monoisotopic (exact) mass is 269 g/mol. The second-order valence-corrected chi connectivity index (χ2v) is 4.24. The highest BCUT2D eigenvalue weighted by Crippen LogP contribution is 2.18. The summed E-state index contributed by atoms with van der Waals surface area (Å²) >= 11 is 5.52. The maximum Gasteiger partial charge on any atom is 0.337 e. The lowest BCUT2D eigenvalue weighted by atomic mass is 10.1. The third kappa shape index (κ3) is 4.04. The Morgan fingerprint density at radius 3 is 2.72 bits per heavy atom. The van der Waals surface area contributed by atoms with Gasteiger partial charge in [-0.25, -0.2) is 4.79 Å². The molecule has 18 heavy (non-hydrogen) atoms. The first kappa shape index (κ1) is 14.5. The van der Waals surface area contributed by atoms with Crippen molar-refractivity contribution in [2.45, 2.75) is 19.8 Å². The Hall–Kier alpha value is -1.55. The van der Waals surface area contributed by atoms with E-state index in [1.165, 1.54) is 7.11 Å². The molecule has 1 N–H and O–H groups in total. The van der Waals surface area contributed by atoms with E-state index in [0.29, 0.717) is 30.0 Å². The molecule has 0 spiro atoms. The lowest BCUT2D eigenvalue weighted by Gasteiger charge is -2.09. The van der Waals surface area contributed by atoms with E-state index in [1.807, 2.05) is 6.92 Å². The molecule has 0 heterocycles. The molecule has 0 aliphatic heterocycles. The van der Waals surface area contributed by atoms with Crippen molar-refractivity contribution in [1.82, 2.24) is 0 Å². The third-order valence-corrected chi connectivity index (χ3v) is 2.74. The van der Waals surface area contributed by atoms with Crippen molar-refractivity contribution in [3.63, 3.8) is 0 Å². The topological polar surface area (TPSA) is 55.4 Å². The second-order valence-electron chi connectivity index (χ2n) is 3.86. The summed E-state index contributed by atoms with van der Waals surface area (Å²) in [7, 11) is 1.32. The summed E-state index contributed by atoms with van der Waals surface area (Å²) in [5.74, 6) is -0.0822. The number of benzene rings is 1. The maximum atomic E-state index is 11.6. The van der Waals surface area contributed by atoms with Crippen LogP contribution in [0.5, 0.6) is 0 Å². The number of aryl methyl sites for hydroxylation is 1. The first-order chi connectivity index (χ1) is 8.58. The van der Waals surface area contributed by atoms with E-state index < -0.39 is 5.97 Å². The zero-order valence-electron chi connectivity index (χ0n) is 10.5. The van der Waals surface area contributed by atoms with E-state index >= 15 is 0 Å². The lowest BCUT2D eigenvalue weighted by Crippen LogP contribution is -2.13. The summed E-state index contributed by atoms with van der Waals surface area (Å²) in [5, 5.41) is 2.76. The van der Waals surface area contributed by atoms with Crippen LogP contribution in [-0.2, 0) is 9.53 Å². The first-order valence-electron chi connectivity index (χ1n) is 5.63. The van der Waals surface area contributed by atoms with Gasteiger partial charge in [-0.1, -0.05) is 6.07 Å². The van der Waals surface area contributed by atoms with Crippen LogP contribution in [0.25, 0.3) is 0 Å². The Morgan fingerprint density at radius 2 is 2.11 bits per heavy atom. The highest BCUT2D eigenvalue weighted by atomic mass is 35.5. The molecule has 0 saturated carbocycles. The molecular weight excluding hydrogens is 254 g/mol. The Bertz CT molecular complexity index is 446. The third-order valence-electron chi connectivity index (χ3n) is 2.47. The summed E-state index contributed by atoms with van der Waals surface area (Å²) in [6.45, 7) is 1.86. The van der Waals surface area contributed by atoms with Crippen LogP contribution < -0.4 is 5.32 Å². The number of halogens is 1. The number of anilines is 1. The van der Waals surface area contributed by atoms with Gasteiger partial charge in [0.05, 0.1) is 12.7 Å². The molecule has 0 atom stereocenters. The van der Waals surface area contributed by atoms with Gasteiger partial charge < -0.3 is 10.1 Å². The standard InChI is InChI=1S/C13H16ClNO3/c1-9-5-6-10(13(17)18-2)8-11(9)15-12(16)4-3-7-14/h5-6,8H,3-4,7H2,1-2H3,(H,15,16). The Morgan fingerprint density at radius 1 is 1.39 bits per heavy atom. The van der Waals surface area contributed by atoms with Gasteiger partial charge >= 0.3 is 5.97 Å². The van der Waals surface area contributed by atoms with Gasteiger partial charge in [0.2, 0.25) is 5.91 Å². The van der Waals surface area contributed by atoms with Crippen LogP contribution in [0.3, 0.4) is 0 Å². The summed E-state index contributed by atoms with van der Waals surface area (Å²) in [5.41, 5.74) is 1.93. The minimum Gasteiger partial charge on any atom is -0.465 e.